The van der Waals surface area contributed by atoms with E-state index in [4.69, 9.17) is 4.74 Å². The summed E-state index contributed by atoms with van der Waals surface area (Å²) in [5, 5.41) is 3.58. The maximum absolute atomic E-state index is 13.2. The SMILES string of the molecule is COc1ccc(NC(=O)c2cnc3ccccc3c2)cc1S(=O)(=O)Nc1c(C)cccc1C. The molecule has 0 aliphatic heterocycles. The van der Waals surface area contributed by atoms with Gasteiger partial charge >= 0.3 is 0 Å². The van der Waals surface area contributed by atoms with E-state index in [1.165, 1.54) is 25.4 Å². The van der Waals surface area contributed by atoms with E-state index in [-0.39, 0.29) is 10.6 Å². The number of rotatable bonds is 6. The van der Waals surface area contributed by atoms with Gasteiger partial charge in [0.1, 0.15) is 10.6 Å². The Kier molecular flexibility index (Phi) is 6.02. The predicted molar refractivity (Wildman–Crippen MR) is 129 cm³/mol. The van der Waals surface area contributed by atoms with Crippen molar-refractivity contribution in [3.63, 3.8) is 0 Å². The average molecular weight is 462 g/mol. The number of nitrogens with one attached hydrogen (secondary N) is 2. The number of hydrogen-bond acceptors (Lipinski definition) is 5. The molecular weight excluding hydrogens is 438 g/mol. The lowest BCUT2D eigenvalue weighted by Gasteiger charge is -2.16. The summed E-state index contributed by atoms with van der Waals surface area (Å²) in [5.74, 6) is -0.233. The van der Waals surface area contributed by atoms with Gasteiger partial charge in [0.05, 0.1) is 23.9 Å². The molecule has 0 radical (unpaired) electrons. The van der Waals surface area contributed by atoms with Crippen LogP contribution in [0.4, 0.5) is 11.4 Å². The number of aromatic nitrogens is 1. The van der Waals surface area contributed by atoms with Crippen molar-refractivity contribution < 1.29 is 17.9 Å². The zero-order valence-corrected chi connectivity index (χ0v) is 19.2. The van der Waals surface area contributed by atoms with Crippen LogP contribution in [-0.4, -0.2) is 26.4 Å². The molecule has 168 valence electrons. The van der Waals surface area contributed by atoms with Crippen LogP contribution >= 0.6 is 0 Å². The number of hydrogen-bond donors (Lipinski definition) is 2. The molecule has 4 aromatic rings. The van der Waals surface area contributed by atoms with Crippen molar-refractivity contribution in [3.8, 4) is 5.75 Å². The van der Waals surface area contributed by atoms with Gasteiger partial charge < -0.3 is 10.1 Å². The fourth-order valence-corrected chi connectivity index (χ4v) is 4.93. The van der Waals surface area contributed by atoms with Gasteiger partial charge in [0, 0.05) is 17.3 Å². The molecule has 7 nitrogen and oxygen atoms in total. The highest BCUT2D eigenvalue weighted by Gasteiger charge is 2.22. The summed E-state index contributed by atoms with van der Waals surface area (Å²) in [6, 6.07) is 19.2. The number of aryl methyl sites for hydroxylation is 2. The van der Waals surface area contributed by atoms with Crippen LogP contribution in [0.5, 0.6) is 5.75 Å². The molecule has 0 saturated carbocycles. The molecule has 33 heavy (non-hydrogen) atoms. The molecule has 0 spiro atoms. The minimum atomic E-state index is -3.99. The summed E-state index contributed by atoms with van der Waals surface area (Å²) in [6.07, 6.45) is 1.49. The number of ether oxygens (including phenoxy) is 1. The maximum Gasteiger partial charge on any atom is 0.265 e. The van der Waals surface area contributed by atoms with Gasteiger partial charge in [-0.2, -0.15) is 0 Å². The molecule has 2 N–H and O–H groups in total. The highest BCUT2D eigenvalue weighted by molar-refractivity contribution is 7.92. The number of sulfonamides is 1. The van der Waals surface area contributed by atoms with Crippen molar-refractivity contribution in [1.29, 1.82) is 0 Å². The molecule has 1 amide bonds. The summed E-state index contributed by atoms with van der Waals surface area (Å²) < 4.78 is 34.4. The highest BCUT2D eigenvalue weighted by atomic mass is 32.2. The second-order valence-electron chi connectivity index (χ2n) is 7.61. The second-order valence-corrected chi connectivity index (χ2v) is 9.26. The number of fused-ring (bicyclic) bond motifs is 1. The molecule has 0 aliphatic carbocycles. The number of amides is 1. The Morgan fingerprint density at radius 3 is 2.39 bits per heavy atom. The standard InChI is InChI=1S/C25H23N3O4S/c1-16-7-6-8-17(2)24(16)28-33(30,31)23-14-20(11-12-22(23)32-3)27-25(29)19-13-18-9-4-5-10-21(18)26-15-19/h4-15,28H,1-3H3,(H,27,29). The Morgan fingerprint density at radius 2 is 1.67 bits per heavy atom. The Balaban J connectivity index is 1.65. The Bertz CT molecular complexity index is 1450. The monoisotopic (exact) mass is 461 g/mol. The van der Waals surface area contributed by atoms with Crippen LogP contribution in [0.15, 0.2) is 77.8 Å². The lowest BCUT2D eigenvalue weighted by molar-refractivity contribution is 0.102. The molecule has 0 fully saturated rings. The molecule has 3 aromatic carbocycles. The predicted octanol–water partition coefficient (Wildman–Crippen LogP) is 4.91. The molecule has 0 aliphatic rings. The van der Waals surface area contributed by atoms with E-state index in [9.17, 15) is 13.2 Å². The lowest BCUT2D eigenvalue weighted by Crippen LogP contribution is -2.17. The van der Waals surface area contributed by atoms with Crippen LogP contribution < -0.4 is 14.8 Å². The maximum atomic E-state index is 13.2. The zero-order valence-electron chi connectivity index (χ0n) is 18.4. The first-order valence-corrected chi connectivity index (χ1v) is 11.7. The first-order valence-electron chi connectivity index (χ1n) is 10.2. The third kappa shape index (κ3) is 4.65. The number of para-hydroxylation sites is 2. The molecule has 4 rings (SSSR count). The fourth-order valence-electron chi connectivity index (χ4n) is 3.53. The molecule has 8 heteroatoms. The average Bonchev–Trinajstić information content (AvgIpc) is 2.81. The van der Waals surface area contributed by atoms with Gasteiger partial charge in [-0.1, -0.05) is 36.4 Å². The van der Waals surface area contributed by atoms with Crippen molar-refractivity contribution >= 4 is 38.2 Å². The van der Waals surface area contributed by atoms with E-state index >= 15 is 0 Å². The molecule has 0 saturated heterocycles. The summed E-state index contributed by atoms with van der Waals surface area (Å²) in [6.45, 7) is 3.66. The number of carbonyl (C=O) groups excluding carboxylic acids is 1. The van der Waals surface area contributed by atoms with E-state index in [1.807, 2.05) is 56.3 Å². The number of pyridine rings is 1. The zero-order chi connectivity index (χ0) is 23.6. The first kappa shape index (κ1) is 22.3. The third-order valence-corrected chi connectivity index (χ3v) is 6.65. The molecule has 1 aromatic heterocycles. The smallest absolute Gasteiger partial charge is 0.265 e. The van der Waals surface area contributed by atoms with E-state index < -0.39 is 15.9 Å². The molecule has 0 unspecified atom stereocenters. The van der Waals surface area contributed by atoms with Crippen molar-refractivity contribution in [2.24, 2.45) is 0 Å². The fraction of sp³-hybridized carbons (Fsp3) is 0.120. The van der Waals surface area contributed by atoms with Crippen LogP contribution in [0, 0.1) is 13.8 Å². The summed E-state index contributed by atoms with van der Waals surface area (Å²) >= 11 is 0. The van der Waals surface area contributed by atoms with E-state index in [1.54, 1.807) is 12.1 Å². The van der Waals surface area contributed by atoms with E-state index in [0.717, 1.165) is 22.0 Å². The Morgan fingerprint density at radius 1 is 0.939 bits per heavy atom. The van der Waals surface area contributed by atoms with Crippen LogP contribution in [0.3, 0.4) is 0 Å². The second kappa shape index (κ2) is 8.91. The number of nitrogens with zero attached hydrogens (tertiary/aromatic N) is 1. The number of benzene rings is 3. The van der Waals surface area contributed by atoms with Crippen molar-refractivity contribution in [2.45, 2.75) is 18.7 Å². The van der Waals surface area contributed by atoms with Gasteiger partial charge in [0.15, 0.2) is 0 Å². The van der Waals surface area contributed by atoms with Crippen LogP contribution in [0.25, 0.3) is 10.9 Å². The highest BCUT2D eigenvalue weighted by Crippen LogP contribution is 2.31. The van der Waals surface area contributed by atoms with Gasteiger partial charge in [0.25, 0.3) is 15.9 Å². The number of carbonyl (C=O) groups is 1. The van der Waals surface area contributed by atoms with Gasteiger partial charge in [0.2, 0.25) is 0 Å². The Labute approximate surface area is 192 Å². The molecule has 0 atom stereocenters. The van der Waals surface area contributed by atoms with E-state index in [0.29, 0.717) is 16.9 Å². The summed E-state index contributed by atoms with van der Waals surface area (Å²) in [5.41, 5.74) is 3.57. The number of anilines is 2. The van der Waals surface area contributed by atoms with Crippen molar-refractivity contribution in [3.05, 3.63) is 89.6 Å². The van der Waals surface area contributed by atoms with Gasteiger partial charge in [-0.05, 0) is 55.3 Å². The Hall–Kier alpha value is -3.91. The quantitative estimate of drug-likeness (QED) is 0.425. The van der Waals surface area contributed by atoms with Crippen molar-refractivity contribution in [1.82, 2.24) is 4.98 Å². The van der Waals surface area contributed by atoms with E-state index in [2.05, 4.69) is 15.0 Å². The molecule has 1 heterocycles. The normalized spacial score (nSPS) is 11.2. The first-order chi connectivity index (χ1) is 15.8. The van der Waals surface area contributed by atoms with Crippen LogP contribution in [0.2, 0.25) is 0 Å². The third-order valence-electron chi connectivity index (χ3n) is 5.28. The minimum Gasteiger partial charge on any atom is -0.495 e. The van der Waals surface area contributed by atoms with Gasteiger partial charge in [-0.3, -0.25) is 14.5 Å². The van der Waals surface area contributed by atoms with Crippen LogP contribution in [0.1, 0.15) is 21.5 Å². The number of methoxy groups -OCH3 is 1. The summed E-state index contributed by atoms with van der Waals surface area (Å²) in [4.78, 5) is 17.0. The van der Waals surface area contributed by atoms with Gasteiger partial charge in [-0.25, -0.2) is 8.42 Å². The lowest BCUT2D eigenvalue weighted by atomic mass is 10.1. The molecule has 0 bridgehead atoms. The topological polar surface area (TPSA) is 97.4 Å². The van der Waals surface area contributed by atoms with Gasteiger partial charge in [-0.15, -0.1) is 0 Å². The minimum absolute atomic E-state index is 0.0814. The van der Waals surface area contributed by atoms with Crippen LogP contribution in [-0.2, 0) is 10.0 Å². The largest absolute Gasteiger partial charge is 0.495 e. The van der Waals surface area contributed by atoms with Crippen molar-refractivity contribution in [2.75, 3.05) is 17.1 Å². The molecular formula is C25H23N3O4S. The summed E-state index contributed by atoms with van der Waals surface area (Å²) in [7, 11) is -2.60.